The summed E-state index contributed by atoms with van der Waals surface area (Å²) in [6.07, 6.45) is 0.00668. The van der Waals surface area contributed by atoms with E-state index in [0.29, 0.717) is 6.42 Å². The average Bonchev–Trinajstić information content (AvgIpc) is 2.58. The highest BCUT2D eigenvalue weighted by atomic mass is 32.1. The van der Waals surface area contributed by atoms with Crippen LogP contribution in [0, 0.1) is 0 Å². The molecule has 2 amide bonds. The molecule has 12 nitrogen and oxygen atoms in total. The van der Waals surface area contributed by atoms with Gasteiger partial charge in [-0.1, -0.05) is 0 Å². The molecular weight excluding hydrogens is 380 g/mol. The lowest BCUT2D eigenvalue weighted by atomic mass is 10.1. The van der Waals surface area contributed by atoms with Crippen LogP contribution in [-0.4, -0.2) is 70.3 Å². The zero-order valence-corrected chi connectivity index (χ0v) is 15.5. The number of carboxylic acid groups (broad SMARTS) is 2. The number of guanidine groups is 1. The third kappa shape index (κ3) is 10.9. The molecule has 0 aliphatic rings. The summed E-state index contributed by atoms with van der Waals surface area (Å²) in [7, 11) is 0. The molecule has 0 spiro atoms. The summed E-state index contributed by atoms with van der Waals surface area (Å²) in [6.45, 7) is 0.196. The van der Waals surface area contributed by atoms with Gasteiger partial charge in [0.1, 0.15) is 12.1 Å². The zero-order valence-electron chi connectivity index (χ0n) is 14.6. The second kappa shape index (κ2) is 12.8. The van der Waals surface area contributed by atoms with E-state index in [-0.39, 0.29) is 37.5 Å². The predicted octanol–water partition coefficient (Wildman–Crippen LogP) is -2.78. The van der Waals surface area contributed by atoms with Gasteiger partial charge in [0, 0.05) is 18.7 Å². The molecule has 0 saturated carbocycles. The van der Waals surface area contributed by atoms with Gasteiger partial charge >= 0.3 is 11.9 Å². The second-order valence-corrected chi connectivity index (χ2v) is 6.00. The van der Waals surface area contributed by atoms with Crippen molar-refractivity contribution in [2.45, 2.75) is 43.8 Å². The van der Waals surface area contributed by atoms with E-state index >= 15 is 0 Å². The molecule has 13 heteroatoms. The number of carboxylic acids is 2. The van der Waals surface area contributed by atoms with Gasteiger partial charge in [0.25, 0.3) is 0 Å². The van der Waals surface area contributed by atoms with E-state index < -0.39 is 41.9 Å². The van der Waals surface area contributed by atoms with E-state index in [1.807, 2.05) is 0 Å². The van der Waals surface area contributed by atoms with Crippen LogP contribution in [-0.2, 0) is 19.2 Å². The number of hydrogen-bond acceptors (Lipinski definition) is 7. The van der Waals surface area contributed by atoms with Gasteiger partial charge in [-0.25, -0.2) is 4.79 Å². The molecule has 0 aromatic heterocycles. The van der Waals surface area contributed by atoms with Crippen LogP contribution in [0.1, 0.15) is 25.7 Å². The number of aliphatic carboxylic acids is 2. The Morgan fingerprint density at radius 1 is 1.00 bits per heavy atom. The molecule has 10 N–H and O–H groups in total. The van der Waals surface area contributed by atoms with Gasteiger partial charge in [-0.05, 0) is 19.3 Å². The van der Waals surface area contributed by atoms with E-state index in [1.54, 1.807) is 0 Å². The van der Waals surface area contributed by atoms with Crippen molar-refractivity contribution >= 4 is 42.3 Å². The van der Waals surface area contributed by atoms with Crippen LogP contribution in [0.15, 0.2) is 4.99 Å². The lowest BCUT2D eigenvalue weighted by molar-refractivity contribution is -0.141. The molecule has 3 atom stereocenters. The molecule has 0 fully saturated rings. The molecule has 0 radical (unpaired) electrons. The topological polar surface area (TPSA) is 223 Å². The van der Waals surface area contributed by atoms with Gasteiger partial charge in [0.15, 0.2) is 5.96 Å². The van der Waals surface area contributed by atoms with Crippen LogP contribution in [0.25, 0.3) is 0 Å². The highest BCUT2D eigenvalue weighted by Gasteiger charge is 2.27. The van der Waals surface area contributed by atoms with Crippen LogP contribution in [0.5, 0.6) is 0 Å². The minimum atomic E-state index is -1.28. The number of rotatable bonds is 13. The Morgan fingerprint density at radius 3 is 2.07 bits per heavy atom. The monoisotopic (exact) mass is 406 g/mol. The molecule has 154 valence electrons. The van der Waals surface area contributed by atoms with Crippen molar-refractivity contribution in [1.82, 2.24) is 10.6 Å². The maximum absolute atomic E-state index is 12.3. The first-order valence-corrected chi connectivity index (χ1v) is 8.68. The minimum absolute atomic E-state index is 0.110. The van der Waals surface area contributed by atoms with Crippen molar-refractivity contribution in [3.05, 3.63) is 0 Å². The van der Waals surface area contributed by atoms with E-state index in [1.165, 1.54) is 0 Å². The van der Waals surface area contributed by atoms with Crippen molar-refractivity contribution in [2.24, 2.45) is 22.2 Å². The number of nitrogens with two attached hydrogens (primary N) is 3. The normalized spacial score (nSPS) is 13.7. The summed E-state index contributed by atoms with van der Waals surface area (Å²) in [5.74, 6) is -4.12. The number of thiol groups is 1. The first-order chi connectivity index (χ1) is 12.6. The van der Waals surface area contributed by atoms with Crippen molar-refractivity contribution in [3.8, 4) is 0 Å². The van der Waals surface area contributed by atoms with Crippen LogP contribution in [0.3, 0.4) is 0 Å². The Hall–Kier alpha value is -2.54. The van der Waals surface area contributed by atoms with E-state index in [0.717, 1.165) is 0 Å². The lowest BCUT2D eigenvalue weighted by Crippen LogP contribution is -2.54. The fraction of sp³-hybridized carbons (Fsp3) is 0.643. The van der Waals surface area contributed by atoms with Gasteiger partial charge in [0.05, 0.1) is 6.04 Å². The molecule has 0 saturated heterocycles. The second-order valence-electron chi connectivity index (χ2n) is 5.63. The fourth-order valence-corrected chi connectivity index (χ4v) is 2.17. The first kappa shape index (κ1) is 24.5. The van der Waals surface area contributed by atoms with Gasteiger partial charge in [-0.2, -0.15) is 12.6 Å². The molecular formula is C14H26N6O6S. The van der Waals surface area contributed by atoms with E-state index in [9.17, 15) is 19.2 Å². The number of nitrogens with one attached hydrogen (secondary N) is 2. The van der Waals surface area contributed by atoms with Crippen LogP contribution >= 0.6 is 12.6 Å². The van der Waals surface area contributed by atoms with Crippen LogP contribution < -0.4 is 27.8 Å². The van der Waals surface area contributed by atoms with Crippen molar-refractivity contribution in [3.63, 3.8) is 0 Å². The quantitative estimate of drug-likeness (QED) is 0.0684. The molecule has 0 aliphatic carbocycles. The van der Waals surface area contributed by atoms with Crippen LogP contribution in [0.2, 0.25) is 0 Å². The fourth-order valence-electron chi connectivity index (χ4n) is 1.92. The highest BCUT2D eigenvalue weighted by molar-refractivity contribution is 7.80. The Bertz CT molecular complexity index is 568. The number of hydrogen-bond donors (Lipinski definition) is 8. The SMILES string of the molecule is NC(N)=NCCCC(NC(=O)C(N)CCC(=O)O)C(=O)NC(CS)C(=O)O. The Balaban J connectivity index is 4.97. The summed E-state index contributed by atoms with van der Waals surface area (Å²) >= 11 is 3.85. The predicted molar refractivity (Wildman–Crippen MR) is 100 cm³/mol. The number of carbonyl (C=O) groups excluding carboxylic acids is 2. The third-order valence-electron chi connectivity index (χ3n) is 3.38. The minimum Gasteiger partial charge on any atom is -0.481 e. The summed E-state index contributed by atoms with van der Waals surface area (Å²) in [5, 5.41) is 22.3. The van der Waals surface area contributed by atoms with Gasteiger partial charge in [0.2, 0.25) is 11.8 Å². The Kier molecular flexibility index (Phi) is 11.6. The van der Waals surface area contributed by atoms with Gasteiger partial charge < -0.3 is 38.0 Å². The number of carbonyl (C=O) groups is 4. The number of amides is 2. The Morgan fingerprint density at radius 2 is 1.59 bits per heavy atom. The highest BCUT2D eigenvalue weighted by Crippen LogP contribution is 2.03. The summed E-state index contributed by atoms with van der Waals surface area (Å²) < 4.78 is 0. The maximum atomic E-state index is 12.3. The summed E-state index contributed by atoms with van der Waals surface area (Å²) in [4.78, 5) is 49.8. The van der Waals surface area contributed by atoms with Gasteiger partial charge in [-0.3, -0.25) is 19.4 Å². The standard InChI is InChI=1S/C14H26N6O6S/c15-7(3-4-10(21)22)11(23)19-8(2-1-5-18-14(16)17)12(24)20-9(6-27)13(25)26/h7-9,27H,1-6,15H2,(H,19,23)(H,20,24)(H,21,22)(H,25,26)(H4,16,17,18). The first-order valence-electron chi connectivity index (χ1n) is 8.05. The number of nitrogens with zero attached hydrogens (tertiary/aromatic N) is 1. The van der Waals surface area contributed by atoms with Crippen molar-refractivity contribution in [2.75, 3.05) is 12.3 Å². The van der Waals surface area contributed by atoms with Crippen LogP contribution in [0.4, 0.5) is 0 Å². The van der Waals surface area contributed by atoms with Crippen molar-refractivity contribution < 1.29 is 29.4 Å². The van der Waals surface area contributed by atoms with Gasteiger partial charge in [-0.15, -0.1) is 0 Å². The zero-order chi connectivity index (χ0) is 21.0. The smallest absolute Gasteiger partial charge is 0.327 e. The lowest BCUT2D eigenvalue weighted by Gasteiger charge is -2.22. The molecule has 27 heavy (non-hydrogen) atoms. The molecule has 0 bridgehead atoms. The summed E-state index contributed by atoms with van der Waals surface area (Å²) in [5.41, 5.74) is 16.0. The largest absolute Gasteiger partial charge is 0.481 e. The molecule has 0 aliphatic heterocycles. The Labute approximate surface area is 161 Å². The molecule has 0 heterocycles. The van der Waals surface area contributed by atoms with Crippen molar-refractivity contribution in [1.29, 1.82) is 0 Å². The molecule has 0 aromatic rings. The number of aliphatic imine (C=N–C) groups is 1. The average molecular weight is 406 g/mol. The van der Waals surface area contributed by atoms with E-state index in [4.69, 9.17) is 27.4 Å². The van der Waals surface area contributed by atoms with E-state index in [2.05, 4.69) is 28.3 Å². The maximum Gasteiger partial charge on any atom is 0.327 e. The molecule has 3 unspecified atom stereocenters. The summed E-state index contributed by atoms with van der Waals surface area (Å²) in [6, 6.07) is -3.46. The molecule has 0 rings (SSSR count). The third-order valence-corrected chi connectivity index (χ3v) is 3.75. The molecule has 0 aromatic carbocycles.